The first-order valence-electron chi connectivity index (χ1n) is 22.2. The number of hydrogen-bond donors (Lipinski definition) is 0. The highest BCUT2D eigenvalue weighted by Gasteiger charge is 2.24. The lowest BCUT2D eigenvalue weighted by molar-refractivity contribution is 0.669. The molecule has 13 aromatic rings. The first-order chi connectivity index (χ1) is 32.2. The quantitative estimate of drug-likeness (QED) is 0.160. The van der Waals surface area contributed by atoms with Gasteiger partial charge in [0.05, 0.1) is 28.1 Å². The van der Waals surface area contributed by atoms with Crippen molar-refractivity contribution in [1.82, 2.24) is 4.57 Å². The number of rotatable bonds is 7. The molecular weight excluding hydrogens is 789 g/mol. The summed E-state index contributed by atoms with van der Waals surface area (Å²) in [5.74, 6) is 0. The van der Waals surface area contributed by atoms with Crippen molar-refractivity contribution in [1.29, 1.82) is 0 Å². The van der Waals surface area contributed by atoms with Crippen LogP contribution in [0.5, 0.6) is 0 Å². The second kappa shape index (κ2) is 15.0. The lowest BCUT2D eigenvalue weighted by Gasteiger charge is -2.30. The maximum Gasteiger partial charge on any atom is 0.136 e. The molecule has 2 aromatic heterocycles. The van der Waals surface area contributed by atoms with E-state index in [1.54, 1.807) is 0 Å². The first kappa shape index (κ1) is 36.9. The third-order valence-corrected chi connectivity index (χ3v) is 13.1. The monoisotopic (exact) mass is 828 g/mol. The van der Waals surface area contributed by atoms with Crippen molar-refractivity contribution in [2.45, 2.75) is 0 Å². The Morgan fingerprint density at radius 1 is 0.323 bits per heavy atom. The molecule has 0 N–H and O–H groups in total. The minimum absolute atomic E-state index is 0.870. The van der Waals surface area contributed by atoms with E-state index in [9.17, 15) is 0 Å². The van der Waals surface area contributed by atoms with E-state index in [0.29, 0.717) is 0 Å². The van der Waals surface area contributed by atoms with Gasteiger partial charge >= 0.3 is 0 Å². The molecule has 0 fully saturated rings. The maximum atomic E-state index is 6.64. The largest absolute Gasteiger partial charge is 0.456 e. The second-order valence-electron chi connectivity index (χ2n) is 16.9. The predicted octanol–water partition coefficient (Wildman–Crippen LogP) is 17.5. The van der Waals surface area contributed by atoms with Crippen molar-refractivity contribution in [3.05, 3.63) is 243 Å². The molecule has 3 nitrogen and oxygen atoms in total. The van der Waals surface area contributed by atoms with Crippen LogP contribution >= 0.6 is 0 Å². The summed E-state index contributed by atoms with van der Waals surface area (Å²) >= 11 is 0. The molecule has 13 rings (SSSR count). The Morgan fingerprint density at radius 3 is 1.65 bits per heavy atom. The van der Waals surface area contributed by atoms with Crippen LogP contribution in [-0.2, 0) is 0 Å². The van der Waals surface area contributed by atoms with Gasteiger partial charge in [-0.15, -0.1) is 0 Å². The van der Waals surface area contributed by atoms with Gasteiger partial charge in [-0.1, -0.05) is 170 Å². The van der Waals surface area contributed by atoms with E-state index in [2.05, 4.69) is 252 Å². The molecule has 0 aliphatic carbocycles. The van der Waals surface area contributed by atoms with Crippen molar-refractivity contribution in [2.24, 2.45) is 0 Å². The van der Waals surface area contributed by atoms with Crippen LogP contribution in [0.1, 0.15) is 0 Å². The van der Waals surface area contributed by atoms with Crippen molar-refractivity contribution >= 4 is 82.4 Å². The average Bonchev–Trinajstić information content (AvgIpc) is 3.91. The number of hydrogen-bond acceptors (Lipinski definition) is 2. The van der Waals surface area contributed by atoms with Crippen molar-refractivity contribution in [2.75, 3.05) is 4.90 Å². The number of benzene rings is 11. The average molecular weight is 829 g/mol. The summed E-state index contributed by atoms with van der Waals surface area (Å²) in [5.41, 5.74) is 15.3. The molecule has 0 radical (unpaired) electrons. The summed E-state index contributed by atoms with van der Waals surface area (Å²) in [6, 6.07) is 87.8. The zero-order valence-electron chi connectivity index (χ0n) is 35.4. The lowest BCUT2D eigenvalue weighted by atomic mass is 9.95. The highest BCUT2D eigenvalue weighted by molar-refractivity contribution is 6.17. The molecule has 3 heteroatoms. The van der Waals surface area contributed by atoms with E-state index in [0.717, 1.165) is 77.8 Å². The van der Waals surface area contributed by atoms with E-state index in [-0.39, 0.29) is 0 Å². The smallest absolute Gasteiger partial charge is 0.136 e. The summed E-state index contributed by atoms with van der Waals surface area (Å²) < 4.78 is 9.06. The summed E-state index contributed by atoms with van der Waals surface area (Å²) in [6.07, 6.45) is 0. The predicted molar refractivity (Wildman–Crippen MR) is 274 cm³/mol. The van der Waals surface area contributed by atoms with Crippen molar-refractivity contribution < 1.29 is 4.42 Å². The van der Waals surface area contributed by atoms with Gasteiger partial charge < -0.3 is 13.9 Å². The summed E-state index contributed by atoms with van der Waals surface area (Å²) in [4.78, 5) is 2.44. The number of anilines is 3. The van der Waals surface area contributed by atoms with Crippen LogP contribution in [0.2, 0.25) is 0 Å². The molecule has 0 aliphatic heterocycles. The van der Waals surface area contributed by atoms with Gasteiger partial charge in [0.15, 0.2) is 0 Å². The maximum absolute atomic E-state index is 6.64. The fourth-order valence-corrected chi connectivity index (χ4v) is 10.1. The van der Waals surface area contributed by atoms with Crippen molar-refractivity contribution in [3.8, 4) is 39.1 Å². The Bertz CT molecular complexity index is 3910. The van der Waals surface area contributed by atoms with Gasteiger partial charge in [-0.05, 0) is 122 Å². The molecule has 0 unspecified atom stereocenters. The van der Waals surface area contributed by atoms with Gasteiger partial charge in [0.2, 0.25) is 0 Å². The van der Waals surface area contributed by atoms with E-state index in [1.165, 1.54) is 43.6 Å². The zero-order chi connectivity index (χ0) is 42.8. The van der Waals surface area contributed by atoms with Crippen LogP contribution in [0.3, 0.4) is 0 Å². The molecule has 304 valence electrons. The van der Waals surface area contributed by atoms with Gasteiger partial charge in [0.1, 0.15) is 11.2 Å². The highest BCUT2D eigenvalue weighted by Crippen LogP contribution is 2.48. The molecule has 0 amide bonds. The Balaban J connectivity index is 1.01. The highest BCUT2D eigenvalue weighted by atomic mass is 16.3. The van der Waals surface area contributed by atoms with Gasteiger partial charge in [0.25, 0.3) is 0 Å². The van der Waals surface area contributed by atoms with E-state index >= 15 is 0 Å². The van der Waals surface area contributed by atoms with Gasteiger partial charge in [0, 0.05) is 32.8 Å². The molecule has 0 saturated heterocycles. The second-order valence-corrected chi connectivity index (χ2v) is 16.9. The molecule has 0 aliphatic rings. The van der Waals surface area contributed by atoms with Crippen LogP contribution in [0.25, 0.3) is 104 Å². The number of furan rings is 1. The molecule has 0 atom stereocenters. The van der Waals surface area contributed by atoms with E-state index in [4.69, 9.17) is 4.42 Å². The zero-order valence-corrected chi connectivity index (χ0v) is 35.4. The molecule has 2 heterocycles. The molecule has 11 aromatic carbocycles. The van der Waals surface area contributed by atoms with Gasteiger partial charge in [-0.3, -0.25) is 0 Å². The Labute approximate surface area is 376 Å². The minimum atomic E-state index is 0.870. The first-order valence-corrected chi connectivity index (χ1v) is 22.2. The molecule has 0 bridgehead atoms. The van der Waals surface area contributed by atoms with Crippen molar-refractivity contribution in [3.63, 3.8) is 0 Å². The summed E-state index contributed by atoms with van der Waals surface area (Å²) in [6.45, 7) is 0. The van der Waals surface area contributed by atoms with E-state index in [1.807, 2.05) is 0 Å². The fraction of sp³-hybridized carbons (Fsp3) is 0. The number of fused-ring (bicyclic) bond motifs is 8. The van der Waals surface area contributed by atoms with E-state index < -0.39 is 0 Å². The Kier molecular flexibility index (Phi) is 8.53. The summed E-state index contributed by atoms with van der Waals surface area (Å²) in [5, 5.41) is 9.52. The number of aromatic nitrogens is 1. The molecule has 0 spiro atoms. The lowest BCUT2D eigenvalue weighted by Crippen LogP contribution is -2.14. The van der Waals surface area contributed by atoms with Crippen LogP contribution in [0.15, 0.2) is 247 Å². The SMILES string of the molecule is c1cc(-c2ccc(N(c3ccccc3-c3cccc4oc5cc6ccccc6cc5c34)c3ccccc3-n3c4ccccc4c4ccccc43)cc2)cc(-c2ccc3ccccc3c2)c1. The third kappa shape index (κ3) is 6.12. The standard InChI is InChI=1S/C62H40N2O/c1-2-16-43-38-48(32-31-41(43)15-1)45-20-13-19-44(37-45)42-33-35-49(36-34-42)63(58-28-11-12-29-59(58)64-56-26-9-5-21-50(56)51-22-6-10-27-57(51)64)55-25-8-7-23-52(55)53-24-14-30-60-62(53)54-39-46-17-3-4-18-47(46)40-61(54)65-60/h1-40H. The van der Waals surface area contributed by atoms with Gasteiger partial charge in [-0.2, -0.15) is 0 Å². The van der Waals surface area contributed by atoms with Crippen LogP contribution in [-0.4, -0.2) is 4.57 Å². The fourth-order valence-electron chi connectivity index (χ4n) is 10.1. The number of para-hydroxylation sites is 5. The molecular formula is C62H40N2O. The van der Waals surface area contributed by atoms with Crippen LogP contribution < -0.4 is 4.90 Å². The normalized spacial score (nSPS) is 11.7. The Morgan fingerprint density at radius 2 is 0.877 bits per heavy atom. The summed E-state index contributed by atoms with van der Waals surface area (Å²) in [7, 11) is 0. The van der Waals surface area contributed by atoms with Crippen LogP contribution in [0.4, 0.5) is 17.1 Å². The molecule has 0 saturated carbocycles. The minimum Gasteiger partial charge on any atom is -0.456 e. The Hall–Kier alpha value is -8.66. The van der Waals surface area contributed by atoms with Crippen LogP contribution in [0, 0.1) is 0 Å². The number of nitrogens with zero attached hydrogens (tertiary/aromatic N) is 2. The molecule has 65 heavy (non-hydrogen) atoms. The van der Waals surface area contributed by atoms with Gasteiger partial charge in [-0.25, -0.2) is 0 Å². The topological polar surface area (TPSA) is 21.3 Å². The third-order valence-electron chi connectivity index (χ3n) is 13.1.